The highest BCUT2D eigenvalue weighted by Gasteiger charge is 2.33. The van der Waals surface area contributed by atoms with E-state index in [2.05, 4.69) is 5.32 Å². The van der Waals surface area contributed by atoms with Gasteiger partial charge in [0.1, 0.15) is 23.4 Å². The van der Waals surface area contributed by atoms with Crippen molar-refractivity contribution >= 4 is 11.7 Å². The lowest BCUT2D eigenvalue weighted by atomic mass is 10.2. The summed E-state index contributed by atoms with van der Waals surface area (Å²) in [6, 6.07) is 8.75. The Morgan fingerprint density at radius 1 is 1.00 bits per heavy atom. The first kappa shape index (κ1) is 19.2. The predicted molar refractivity (Wildman–Crippen MR) is 108 cm³/mol. The number of rotatable bonds is 6. The summed E-state index contributed by atoms with van der Waals surface area (Å²) in [6.07, 6.45) is 2.00. The zero-order valence-corrected chi connectivity index (χ0v) is 16.8. The number of carbonyl (C=O) groups excluding carboxylic acids is 1. The van der Waals surface area contributed by atoms with Crippen molar-refractivity contribution in [3.05, 3.63) is 46.4 Å². The summed E-state index contributed by atoms with van der Waals surface area (Å²) < 4.78 is 18.2. The number of likely N-dealkylation sites (tertiary alicyclic amines) is 1. The number of ether oxygens (including phenoxy) is 3. The molecule has 2 aromatic rings. The van der Waals surface area contributed by atoms with Gasteiger partial charge in [-0.2, -0.15) is 0 Å². The summed E-state index contributed by atoms with van der Waals surface area (Å²) in [6.45, 7) is 2.84. The zero-order valence-electron chi connectivity index (χ0n) is 16.8. The van der Waals surface area contributed by atoms with E-state index < -0.39 is 0 Å². The topological polar surface area (TPSA) is 82.0 Å². The lowest BCUT2D eigenvalue weighted by Gasteiger charge is -2.38. The first-order valence-corrected chi connectivity index (χ1v) is 9.65. The third-order valence-electron chi connectivity index (χ3n) is 5.19. The SMILES string of the molecule is COc1cc(NC(=O)N2CC(Oc3cc(C)n(C4CC4)c(=O)c3)C2)cc(OC)c1. The summed E-state index contributed by atoms with van der Waals surface area (Å²) in [4.78, 5) is 26.4. The predicted octanol–water partition coefficient (Wildman–Crippen LogP) is 2.80. The molecule has 8 nitrogen and oxygen atoms in total. The van der Waals surface area contributed by atoms with Crippen LogP contribution in [0, 0.1) is 6.92 Å². The van der Waals surface area contributed by atoms with Crippen LogP contribution >= 0.6 is 0 Å². The monoisotopic (exact) mass is 399 g/mol. The van der Waals surface area contributed by atoms with E-state index in [1.807, 2.05) is 17.6 Å². The first-order valence-electron chi connectivity index (χ1n) is 9.65. The van der Waals surface area contributed by atoms with Crippen LogP contribution in [0.25, 0.3) is 0 Å². The van der Waals surface area contributed by atoms with Crippen molar-refractivity contribution < 1.29 is 19.0 Å². The summed E-state index contributed by atoms with van der Waals surface area (Å²) >= 11 is 0. The van der Waals surface area contributed by atoms with Crippen molar-refractivity contribution in [2.24, 2.45) is 0 Å². The van der Waals surface area contributed by atoms with Gasteiger partial charge in [0.15, 0.2) is 0 Å². The molecule has 1 aliphatic heterocycles. The van der Waals surface area contributed by atoms with Crippen molar-refractivity contribution in [3.8, 4) is 17.2 Å². The molecule has 1 N–H and O–H groups in total. The Kier molecular flexibility index (Phi) is 5.08. The van der Waals surface area contributed by atoms with E-state index in [1.54, 1.807) is 37.3 Å². The van der Waals surface area contributed by atoms with Gasteiger partial charge in [-0.05, 0) is 25.8 Å². The van der Waals surface area contributed by atoms with Crippen LogP contribution in [0.5, 0.6) is 17.2 Å². The van der Waals surface area contributed by atoms with Crippen molar-refractivity contribution in [1.29, 1.82) is 0 Å². The summed E-state index contributed by atoms with van der Waals surface area (Å²) in [5, 5.41) is 2.84. The molecule has 1 aromatic carbocycles. The van der Waals surface area contributed by atoms with E-state index in [0.29, 0.717) is 42.1 Å². The van der Waals surface area contributed by atoms with Gasteiger partial charge in [0, 0.05) is 41.7 Å². The minimum Gasteiger partial charge on any atom is -0.497 e. The normalized spacial score (nSPS) is 16.2. The average molecular weight is 399 g/mol. The van der Waals surface area contributed by atoms with Crippen LogP contribution in [0.2, 0.25) is 0 Å². The molecule has 0 bridgehead atoms. The second-order valence-electron chi connectivity index (χ2n) is 7.45. The molecule has 29 heavy (non-hydrogen) atoms. The number of anilines is 1. The van der Waals surface area contributed by atoms with E-state index in [0.717, 1.165) is 18.5 Å². The standard InChI is InChI=1S/C21H25N3O5/c1-13-6-18(10-20(25)24(13)15-4-5-15)29-19-11-23(12-19)21(26)22-14-7-16(27-2)9-17(8-14)28-3/h6-10,15,19H,4-5,11-12H2,1-3H3,(H,22,26). The van der Waals surface area contributed by atoms with Crippen LogP contribution in [0.3, 0.4) is 0 Å². The molecule has 1 saturated carbocycles. The van der Waals surface area contributed by atoms with Gasteiger partial charge >= 0.3 is 6.03 Å². The summed E-state index contributed by atoms with van der Waals surface area (Å²) in [7, 11) is 3.12. The number of pyridine rings is 1. The second kappa shape index (κ2) is 7.69. The quantitative estimate of drug-likeness (QED) is 0.808. The van der Waals surface area contributed by atoms with Crippen LogP contribution in [-0.4, -0.2) is 48.9 Å². The Labute approximate surface area is 169 Å². The Balaban J connectivity index is 1.33. The van der Waals surface area contributed by atoms with Gasteiger partial charge in [-0.1, -0.05) is 0 Å². The highest BCUT2D eigenvalue weighted by atomic mass is 16.5. The van der Waals surface area contributed by atoms with Crippen LogP contribution in [0.4, 0.5) is 10.5 Å². The largest absolute Gasteiger partial charge is 0.497 e. The number of methoxy groups -OCH3 is 2. The molecule has 154 valence electrons. The minimum absolute atomic E-state index is 0.0246. The van der Waals surface area contributed by atoms with Gasteiger partial charge in [0.2, 0.25) is 0 Å². The summed E-state index contributed by atoms with van der Waals surface area (Å²) in [5.41, 5.74) is 1.48. The molecule has 0 spiro atoms. The maximum Gasteiger partial charge on any atom is 0.322 e. The molecule has 1 aromatic heterocycles. The smallest absolute Gasteiger partial charge is 0.322 e. The molecule has 2 fully saturated rings. The summed E-state index contributed by atoms with van der Waals surface area (Å²) in [5.74, 6) is 1.76. The van der Waals surface area contributed by atoms with E-state index >= 15 is 0 Å². The molecule has 8 heteroatoms. The molecule has 0 unspecified atom stereocenters. The molecule has 1 saturated heterocycles. The lowest BCUT2D eigenvalue weighted by Crippen LogP contribution is -2.57. The van der Waals surface area contributed by atoms with E-state index in [9.17, 15) is 9.59 Å². The van der Waals surface area contributed by atoms with Crippen molar-refractivity contribution in [2.75, 3.05) is 32.6 Å². The Hall–Kier alpha value is -3.16. The fraction of sp³-hybridized carbons (Fsp3) is 0.429. The minimum atomic E-state index is -0.222. The maximum absolute atomic E-state index is 12.5. The Morgan fingerprint density at radius 3 is 2.21 bits per heavy atom. The van der Waals surface area contributed by atoms with Crippen LogP contribution < -0.4 is 25.1 Å². The fourth-order valence-electron chi connectivity index (χ4n) is 3.50. The number of amides is 2. The number of hydrogen-bond acceptors (Lipinski definition) is 5. The second-order valence-corrected chi connectivity index (χ2v) is 7.45. The number of hydrogen-bond donors (Lipinski definition) is 1. The third-order valence-corrected chi connectivity index (χ3v) is 5.19. The van der Waals surface area contributed by atoms with E-state index in [1.165, 1.54) is 6.07 Å². The van der Waals surface area contributed by atoms with Gasteiger partial charge < -0.3 is 29.0 Å². The van der Waals surface area contributed by atoms with Crippen LogP contribution in [-0.2, 0) is 0 Å². The molecular weight excluding hydrogens is 374 g/mol. The van der Waals surface area contributed by atoms with Crippen molar-refractivity contribution in [1.82, 2.24) is 9.47 Å². The number of aryl methyl sites for hydroxylation is 1. The highest BCUT2D eigenvalue weighted by molar-refractivity contribution is 5.90. The molecule has 0 radical (unpaired) electrons. The van der Waals surface area contributed by atoms with Gasteiger partial charge in [0.05, 0.1) is 27.3 Å². The zero-order chi connectivity index (χ0) is 20.5. The van der Waals surface area contributed by atoms with Gasteiger partial charge in [0.25, 0.3) is 5.56 Å². The molecule has 2 heterocycles. The number of aromatic nitrogens is 1. The maximum atomic E-state index is 12.5. The molecule has 4 rings (SSSR count). The lowest BCUT2D eigenvalue weighted by molar-refractivity contribution is 0.0490. The van der Waals surface area contributed by atoms with Gasteiger partial charge in [-0.3, -0.25) is 4.79 Å². The number of nitrogens with one attached hydrogen (secondary N) is 1. The van der Waals surface area contributed by atoms with Crippen molar-refractivity contribution in [2.45, 2.75) is 31.9 Å². The van der Waals surface area contributed by atoms with Gasteiger partial charge in [-0.25, -0.2) is 4.79 Å². The van der Waals surface area contributed by atoms with Gasteiger partial charge in [-0.15, -0.1) is 0 Å². The molecule has 0 atom stereocenters. The Morgan fingerprint density at radius 2 is 1.66 bits per heavy atom. The number of nitrogens with zero attached hydrogens (tertiary/aromatic N) is 2. The molecule has 2 amide bonds. The number of benzene rings is 1. The Bertz CT molecular complexity index is 955. The number of carbonyl (C=O) groups is 1. The highest BCUT2D eigenvalue weighted by Crippen LogP contribution is 2.35. The first-order chi connectivity index (χ1) is 14.0. The van der Waals surface area contributed by atoms with E-state index in [4.69, 9.17) is 14.2 Å². The van der Waals surface area contributed by atoms with E-state index in [-0.39, 0.29) is 17.7 Å². The third kappa shape index (κ3) is 4.16. The van der Waals surface area contributed by atoms with Crippen molar-refractivity contribution in [3.63, 3.8) is 0 Å². The fourth-order valence-corrected chi connectivity index (χ4v) is 3.50. The average Bonchev–Trinajstić information content (AvgIpc) is 3.48. The van der Waals surface area contributed by atoms with Crippen LogP contribution in [0.1, 0.15) is 24.6 Å². The van der Waals surface area contributed by atoms with Crippen LogP contribution in [0.15, 0.2) is 35.1 Å². The molecular formula is C21H25N3O5. The number of urea groups is 1. The molecule has 1 aliphatic carbocycles. The molecule has 2 aliphatic rings.